The van der Waals surface area contributed by atoms with Gasteiger partial charge in [-0.15, -0.1) is 33.6 Å². The van der Waals surface area contributed by atoms with E-state index in [0.717, 1.165) is 0 Å². The highest BCUT2D eigenvalue weighted by molar-refractivity contribution is 7.99. The van der Waals surface area contributed by atoms with Crippen LogP contribution in [0.2, 0.25) is 0 Å². The van der Waals surface area contributed by atoms with E-state index in [1.54, 1.807) is 20.8 Å². The first kappa shape index (κ1) is 25.1. The molecule has 0 aromatic carbocycles. The van der Waals surface area contributed by atoms with Crippen molar-refractivity contribution in [1.29, 1.82) is 0 Å². The maximum absolute atomic E-state index is 13.3. The lowest BCUT2D eigenvalue weighted by Gasteiger charge is -2.31. The van der Waals surface area contributed by atoms with E-state index in [0.29, 0.717) is 23.3 Å². The van der Waals surface area contributed by atoms with E-state index in [1.165, 1.54) is 33.3 Å². The monoisotopic (exact) mass is 520 g/mol. The Kier molecular flexibility index (Phi) is 7.36. The smallest absolute Gasteiger partial charge is 0.411 e. The molecule has 190 valence electrons. The summed E-state index contributed by atoms with van der Waals surface area (Å²) in [5.74, 6) is 0.875. The minimum Gasteiger partial charge on any atom is -0.444 e. The second-order valence-corrected chi connectivity index (χ2v) is 11.4. The number of rotatable bonds is 5. The van der Waals surface area contributed by atoms with Crippen LogP contribution in [-0.4, -0.2) is 111 Å². The van der Waals surface area contributed by atoms with Crippen molar-refractivity contribution in [2.75, 3.05) is 36.5 Å². The second kappa shape index (κ2) is 9.95. The Labute approximate surface area is 204 Å². The highest BCUT2D eigenvalue weighted by Crippen LogP contribution is 2.31. The minimum absolute atomic E-state index is 0.00752. The summed E-state index contributed by atoms with van der Waals surface area (Å²) in [5, 5.41) is 12.6. The van der Waals surface area contributed by atoms with Crippen LogP contribution < -0.4 is 5.32 Å². The molecule has 34 heavy (non-hydrogen) atoms. The fourth-order valence-corrected chi connectivity index (χ4v) is 6.58. The van der Waals surface area contributed by atoms with Gasteiger partial charge in [0.1, 0.15) is 29.9 Å². The highest BCUT2D eigenvalue weighted by Gasteiger charge is 2.51. The predicted octanol–water partition coefficient (Wildman–Crippen LogP) is 0.0572. The molecule has 6 atom stereocenters. The number of carbonyl (C=O) groups excluding carboxylic acids is 3. The van der Waals surface area contributed by atoms with E-state index in [2.05, 4.69) is 10.2 Å². The van der Waals surface area contributed by atoms with Gasteiger partial charge in [0.2, 0.25) is 11.8 Å². The molecule has 4 heterocycles. The molecule has 4 saturated heterocycles. The lowest BCUT2D eigenvalue weighted by Crippen LogP contribution is -2.56. The molecule has 3 amide bonds. The number of ether oxygens (including phenoxy) is 3. The van der Waals surface area contributed by atoms with Gasteiger partial charge in [-0.1, -0.05) is 0 Å². The van der Waals surface area contributed by atoms with E-state index in [4.69, 9.17) is 14.2 Å². The zero-order valence-electron chi connectivity index (χ0n) is 19.0. The Morgan fingerprint density at radius 1 is 1.03 bits per heavy atom. The third-order valence-electron chi connectivity index (χ3n) is 5.82. The first-order chi connectivity index (χ1) is 16.0. The molecular weight excluding hydrogens is 492 g/mol. The van der Waals surface area contributed by atoms with Crippen molar-refractivity contribution < 1.29 is 38.5 Å². The average Bonchev–Trinajstić information content (AvgIpc) is 3.52. The third-order valence-corrected chi connectivity index (χ3v) is 7.84. The van der Waals surface area contributed by atoms with Crippen LogP contribution in [0, 0.1) is 10.1 Å². The van der Waals surface area contributed by atoms with Crippen molar-refractivity contribution in [2.45, 2.75) is 62.8 Å². The van der Waals surface area contributed by atoms with E-state index >= 15 is 0 Å². The van der Waals surface area contributed by atoms with Crippen molar-refractivity contribution in [1.82, 2.24) is 15.1 Å². The van der Waals surface area contributed by atoms with Gasteiger partial charge in [0.25, 0.3) is 5.09 Å². The molecule has 1 N–H and O–H groups in total. The first-order valence-corrected chi connectivity index (χ1v) is 13.2. The van der Waals surface area contributed by atoms with Crippen LogP contribution >= 0.6 is 23.5 Å². The summed E-state index contributed by atoms with van der Waals surface area (Å²) >= 11 is 2.91. The van der Waals surface area contributed by atoms with Gasteiger partial charge in [-0.05, 0) is 20.8 Å². The Morgan fingerprint density at radius 2 is 1.68 bits per heavy atom. The van der Waals surface area contributed by atoms with Crippen molar-refractivity contribution in [3.63, 3.8) is 0 Å². The summed E-state index contributed by atoms with van der Waals surface area (Å²) in [6.45, 7) is 5.41. The third kappa shape index (κ3) is 5.31. The van der Waals surface area contributed by atoms with Crippen LogP contribution in [0.3, 0.4) is 0 Å². The number of fused-ring (bicyclic) bond motifs is 1. The van der Waals surface area contributed by atoms with Crippen LogP contribution in [0.1, 0.15) is 20.8 Å². The van der Waals surface area contributed by atoms with Gasteiger partial charge in [-0.3, -0.25) is 14.5 Å². The molecule has 0 aliphatic carbocycles. The number of hydrogen-bond donors (Lipinski definition) is 1. The van der Waals surface area contributed by atoms with E-state index in [1.807, 2.05) is 0 Å². The van der Waals surface area contributed by atoms with Gasteiger partial charge >= 0.3 is 6.09 Å². The summed E-state index contributed by atoms with van der Waals surface area (Å²) in [6, 6.07) is -1.93. The number of carbonyl (C=O) groups is 3. The van der Waals surface area contributed by atoms with Crippen LogP contribution in [0.25, 0.3) is 0 Å². The van der Waals surface area contributed by atoms with Gasteiger partial charge in [-0.2, -0.15) is 0 Å². The van der Waals surface area contributed by atoms with Crippen molar-refractivity contribution in [2.24, 2.45) is 0 Å². The molecule has 0 aromatic rings. The lowest BCUT2D eigenvalue weighted by atomic mass is 10.1. The zero-order chi connectivity index (χ0) is 24.6. The van der Waals surface area contributed by atoms with Crippen LogP contribution in [0.15, 0.2) is 0 Å². The number of thioether (sulfide) groups is 2. The van der Waals surface area contributed by atoms with Crippen LogP contribution in [0.4, 0.5) is 4.79 Å². The molecule has 0 saturated carbocycles. The molecule has 0 bridgehead atoms. The molecule has 4 aliphatic heterocycles. The number of nitrogens with zero attached hydrogens (tertiary/aromatic N) is 3. The SMILES string of the molecule is CC(C)(C)OC(=O)N1CSCC1C(=O)N1CSC[C@H]1C(=O)N[C@H]1CO[C@H]2[C@@H]1OC[C@@H]2O[N+](=O)[O-]. The second-order valence-electron chi connectivity index (χ2n) is 9.37. The highest BCUT2D eigenvalue weighted by atomic mass is 32.2. The lowest BCUT2D eigenvalue weighted by molar-refractivity contribution is -0.769. The number of amides is 3. The largest absolute Gasteiger partial charge is 0.444 e. The Bertz CT molecular complexity index is 841. The number of nitrogens with one attached hydrogen (secondary N) is 1. The molecule has 0 aromatic heterocycles. The van der Waals surface area contributed by atoms with Gasteiger partial charge in [0.05, 0.1) is 31.0 Å². The molecule has 4 aliphatic rings. The van der Waals surface area contributed by atoms with Gasteiger partial charge in [0, 0.05) is 11.5 Å². The summed E-state index contributed by atoms with van der Waals surface area (Å²) in [5.41, 5.74) is -0.683. The summed E-state index contributed by atoms with van der Waals surface area (Å²) < 4.78 is 16.6. The first-order valence-electron chi connectivity index (χ1n) is 10.9. The predicted molar refractivity (Wildman–Crippen MR) is 120 cm³/mol. The van der Waals surface area contributed by atoms with E-state index in [9.17, 15) is 24.5 Å². The fourth-order valence-electron chi connectivity index (χ4n) is 4.28. The maximum Gasteiger partial charge on any atom is 0.411 e. The normalized spacial score (nSPS) is 33.0. The van der Waals surface area contributed by atoms with E-state index in [-0.39, 0.29) is 25.0 Å². The summed E-state index contributed by atoms with van der Waals surface area (Å²) in [7, 11) is 0. The van der Waals surface area contributed by atoms with Crippen molar-refractivity contribution in [3.05, 3.63) is 10.1 Å². The van der Waals surface area contributed by atoms with Gasteiger partial charge in [-0.25, -0.2) is 4.79 Å². The minimum atomic E-state index is -0.882. The van der Waals surface area contributed by atoms with Gasteiger partial charge in [0.15, 0.2) is 6.10 Å². The Morgan fingerprint density at radius 3 is 2.35 bits per heavy atom. The summed E-state index contributed by atoms with van der Waals surface area (Å²) in [6.07, 6.45) is -2.62. The van der Waals surface area contributed by atoms with Crippen molar-refractivity contribution in [3.8, 4) is 0 Å². The fraction of sp³-hybridized carbons (Fsp3) is 0.842. The molecule has 13 nitrogen and oxygen atoms in total. The standard InChI is InChI=1S/C19H28N4O9S2/c1-19(2,3)31-18(26)22-9-34-7-12(22)17(25)21-8-33-6-11(21)16(24)20-10-4-29-15-13(32-23(27)28)5-30-14(10)15/h10-15H,4-9H2,1-3H3,(H,20,24)/t10-,11-,12?,13-,14+,15+/m0/s1. The Balaban J connectivity index is 1.37. The van der Waals surface area contributed by atoms with Crippen LogP contribution in [-0.2, 0) is 28.6 Å². The van der Waals surface area contributed by atoms with Crippen molar-refractivity contribution >= 4 is 41.4 Å². The van der Waals surface area contributed by atoms with Crippen LogP contribution in [0.5, 0.6) is 0 Å². The Hall–Kier alpha value is -1.97. The topological polar surface area (TPSA) is 150 Å². The molecule has 4 rings (SSSR count). The van der Waals surface area contributed by atoms with E-state index < -0.39 is 53.2 Å². The molecular formula is C19H28N4O9S2. The van der Waals surface area contributed by atoms with Gasteiger partial charge < -0.3 is 29.3 Å². The quantitative estimate of drug-likeness (QED) is 0.387. The molecule has 0 spiro atoms. The average molecular weight is 521 g/mol. The molecule has 1 unspecified atom stereocenters. The zero-order valence-corrected chi connectivity index (χ0v) is 20.7. The molecule has 0 radical (unpaired) electrons. The molecule has 15 heteroatoms. The number of hydrogen-bond acceptors (Lipinski definition) is 11. The molecule has 4 fully saturated rings. The maximum atomic E-state index is 13.3. The summed E-state index contributed by atoms with van der Waals surface area (Å²) in [4.78, 5) is 57.2.